The van der Waals surface area contributed by atoms with Gasteiger partial charge in [0.2, 0.25) is 0 Å². The second-order valence-electron chi connectivity index (χ2n) is 3.22. The van der Waals surface area contributed by atoms with E-state index in [2.05, 4.69) is 0 Å². The molecule has 0 saturated carbocycles. The third kappa shape index (κ3) is 2.25. The van der Waals surface area contributed by atoms with Crippen molar-refractivity contribution in [2.75, 3.05) is 0 Å². The van der Waals surface area contributed by atoms with E-state index in [9.17, 15) is 9.59 Å². The van der Waals surface area contributed by atoms with Crippen LogP contribution in [0.2, 0.25) is 0 Å². The molecule has 68 valence electrons. The zero-order chi connectivity index (χ0) is 9.84. The molecule has 0 aliphatic heterocycles. The van der Waals surface area contributed by atoms with Crippen molar-refractivity contribution < 1.29 is 9.59 Å². The number of carbonyl (C=O) groups excluding carboxylic acids is 2. The first-order chi connectivity index (χ1) is 6.17. The Bertz CT molecular complexity index is 329. The minimum absolute atomic E-state index is 0.140. The zero-order valence-electron chi connectivity index (χ0n) is 7.78. The zero-order valence-corrected chi connectivity index (χ0v) is 7.78. The maximum atomic E-state index is 10.5. The van der Waals surface area contributed by atoms with Crippen LogP contribution in [0.4, 0.5) is 0 Å². The van der Waals surface area contributed by atoms with E-state index in [1.54, 1.807) is 12.1 Å². The van der Waals surface area contributed by atoms with Gasteiger partial charge in [-0.15, -0.1) is 0 Å². The lowest BCUT2D eigenvalue weighted by Gasteiger charge is -2.05. The normalized spacial score (nSPS) is 12.2. The van der Waals surface area contributed by atoms with Crippen molar-refractivity contribution in [2.45, 2.75) is 19.8 Å². The lowest BCUT2D eigenvalue weighted by atomic mass is 9.98. The molecule has 0 saturated heterocycles. The molecule has 0 fully saturated rings. The Morgan fingerprint density at radius 3 is 2.46 bits per heavy atom. The molecule has 0 bridgehead atoms. The molecule has 0 N–H and O–H groups in total. The van der Waals surface area contributed by atoms with Crippen LogP contribution in [0, 0.1) is 6.92 Å². The molecule has 2 nitrogen and oxygen atoms in total. The van der Waals surface area contributed by atoms with E-state index in [4.69, 9.17) is 0 Å². The number of aldehydes is 2. The van der Waals surface area contributed by atoms with Gasteiger partial charge >= 0.3 is 0 Å². The summed E-state index contributed by atoms with van der Waals surface area (Å²) in [5, 5.41) is 0. The monoisotopic (exact) mass is 176 g/mol. The van der Waals surface area contributed by atoms with Crippen molar-refractivity contribution in [3.8, 4) is 0 Å². The highest BCUT2D eigenvalue weighted by Gasteiger charge is 2.05. The van der Waals surface area contributed by atoms with Gasteiger partial charge in [0.05, 0.1) is 0 Å². The molecule has 0 aliphatic rings. The number of aryl methyl sites for hydroxylation is 1. The van der Waals surface area contributed by atoms with Gasteiger partial charge in [0, 0.05) is 11.5 Å². The number of hydrogen-bond acceptors (Lipinski definition) is 2. The largest absolute Gasteiger partial charge is 0.303 e. The molecule has 1 atom stereocenters. The van der Waals surface area contributed by atoms with E-state index in [1.165, 1.54) is 0 Å². The lowest BCUT2D eigenvalue weighted by molar-refractivity contribution is -0.108. The van der Waals surface area contributed by atoms with Gasteiger partial charge in [0.25, 0.3) is 0 Å². The van der Waals surface area contributed by atoms with Crippen LogP contribution in [-0.2, 0) is 4.79 Å². The minimum Gasteiger partial charge on any atom is -0.303 e. The predicted molar refractivity (Wildman–Crippen MR) is 51.0 cm³/mol. The standard InChI is InChI=1S/C11H12O2/c1-8-3-10(7-13)5-11(4-8)9(2)6-12/h3-7,9H,1-2H3. The fourth-order valence-corrected chi connectivity index (χ4v) is 1.25. The molecular formula is C11H12O2. The maximum Gasteiger partial charge on any atom is 0.150 e. The van der Waals surface area contributed by atoms with Crippen molar-refractivity contribution in [2.24, 2.45) is 0 Å². The molecular weight excluding hydrogens is 164 g/mol. The summed E-state index contributed by atoms with van der Waals surface area (Å²) in [6.45, 7) is 3.73. The molecule has 1 unspecified atom stereocenters. The summed E-state index contributed by atoms with van der Waals surface area (Å²) in [7, 11) is 0. The fourth-order valence-electron chi connectivity index (χ4n) is 1.25. The van der Waals surface area contributed by atoms with Gasteiger partial charge in [0.1, 0.15) is 12.6 Å². The van der Waals surface area contributed by atoms with Crippen LogP contribution in [0.5, 0.6) is 0 Å². The molecule has 1 rings (SSSR count). The van der Waals surface area contributed by atoms with Crippen LogP contribution in [0.1, 0.15) is 34.3 Å². The second-order valence-corrected chi connectivity index (χ2v) is 3.22. The first kappa shape index (κ1) is 9.65. The third-order valence-electron chi connectivity index (χ3n) is 1.99. The highest BCUT2D eigenvalue weighted by atomic mass is 16.1. The van der Waals surface area contributed by atoms with E-state index >= 15 is 0 Å². The Labute approximate surface area is 77.6 Å². The summed E-state index contributed by atoms with van der Waals surface area (Å²) in [5.41, 5.74) is 2.54. The van der Waals surface area contributed by atoms with E-state index < -0.39 is 0 Å². The van der Waals surface area contributed by atoms with Gasteiger partial charge in [-0.25, -0.2) is 0 Å². The molecule has 0 amide bonds. The molecule has 0 aromatic heterocycles. The first-order valence-corrected chi connectivity index (χ1v) is 4.19. The third-order valence-corrected chi connectivity index (χ3v) is 1.99. The number of rotatable bonds is 3. The van der Waals surface area contributed by atoms with Crippen molar-refractivity contribution in [3.63, 3.8) is 0 Å². The van der Waals surface area contributed by atoms with Crippen LogP contribution in [0.15, 0.2) is 18.2 Å². The average molecular weight is 176 g/mol. The molecule has 0 radical (unpaired) electrons. The van der Waals surface area contributed by atoms with Crippen molar-refractivity contribution >= 4 is 12.6 Å². The van der Waals surface area contributed by atoms with Crippen LogP contribution in [0.25, 0.3) is 0 Å². The van der Waals surface area contributed by atoms with E-state index in [-0.39, 0.29) is 5.92 Å². The number of carbonyl (C=O) groups is 2. The second kappa shape index (κ2) is 3.99. The Morgan fingerprint density at radius 1 is 1.23 bits per heavy atom. The summed E-state index contributed by atoms with van der Waals surface area (Å²) in [5.74, 6) is -0.140. The van der Waals surface area contributed by atoms with Gasteiger partial charge in [-0.3, -0.25) is 4.79 Å². The summed E-state index contributed by atoms with van der Waals surface area (Å²) < 4.78 is 0. The number of benzene rings is 1. The van der Waals surface area contributed by atoms with E-state index in [1.807, 2.05) is 19.9 Å². The molecule has 0 spiro atoms. The quantitative estimate of drug-likeness (QED) is 0.661. The highest BCUT2D eigenvalue weighted by Crippen LogP contribution is 2.16. The minimum atomic E-state index is -0.140. The molecule has 1 aromatic carbocycles. The predicted octanol–water partition coefficient (Wildman–Crippen LogP) is 2.11. The molecule has 13 heavy (non-hydrogen) atoms. The molecule has 0 heterocycles. The summed E-state index contributed by atoms with van der Waals surface area (Å²) in [6, 6.07) is 5.47. The molecule has 2 heteroatoms. The van der Waals surface area contributed by atoms with Gasteiger partial charge in [-0.1, -0.05) is 18.6 Å². The van der Waals surface area contributed by atoms with Crippen molar-refractivity contribution in [3.05, 3.63) is 34.9 Å². The van der Waals surface area contributed by atoms with E-state index in [0.717, 1.165) is 23.7 Å². The van der Waals surface area contributed by atoms with Crippen molar-refractivity contribution in [1.29, 1.82) is 0 Å². The van der Waals surface area contributed by atoms with Gasteiger partial charge in [0.15, 0.2) is 0 Å². The highest BCUT2D eigenvalue weighted by molar-refractivity contribution is 5.76. The Balaban J connectivity index is 3.14. The smallest absolute Gasteiger partial charge is 0.150 e. The Kier molecular flexibility index (Phi) is 2.96. The molecule has 1 aromatic rings. The first-order valence-electron chi connectivity index (χ1n) is 4.19. The SMILES string of the molecule is Cc1cc(C=O)cc(C(C)C=O)c1. The lowest BCUT2D eigenvalue weighted by Crippen LogP contribution is -1.96. The average Bonchev–Trinajstić information content (AvgIpc) is 2.15. The van der Waals surface area contributed by atoms with E-state index in [0.29, 0.717) is 5.56 Å². The number of hydrogen-bond donors (Lipinski definition) is 0. The van der Waals surface area contributed by atoms with Crippen LogP contribution in [-0.4, -0.2) is 12.6 Å². The summed E-state index contributed by atoms with van der Waals surface area (Å²) in [4.78, 5) is 21.1. The van der Waals surface area contributed by atoms with Gasteiger partial charge < -0.3 is 4.79 Å². The summed E-state index contributed by atoms with van der Waals surface area (Å²) >= 11 is 0. The van der Waals surface area contributed by atoms with Gasteiger partial charge in [-0.2, -0.15) is 0 Å². The van der Waals surface area contributed by atoms with Crippen LogP contribution < -0.4 is 0 Å². The maximum absolute atomic E-state index is 10.5. The van der Waals surface area contributed by atoms with Crippen LogP contribution >= 0.6 is 0 Å². The Hall–Kier alpha value is -1.44. The summed E-state index contributed by atoms with van der Waals surface area (Å²) in [6.07, 6.45) is 1.68. The van der Waals surface area contributed by atoms with Crippen LogP contribution in [0.3, 0.4) is 0 Å². The molecule has 0 aliphatic carbocycles. The topological polar surface area (TPSA) is 34.1 Å². The van der Waals surface area contributed by atoms with Gasteiger partial charge in [-0.05, 0) is 24.6 Å². The van der Waals surface area contributed by atoms with Crippen molar-refractivity contribution in [1.82, 2.24) is 0 Å². The Morgan fingerprint density at radius 2 is 1.92 bits per heavy atom. The fraction of sp³-hybridized carbons (Fsp3) is 0.273.